The maximum Gasteiger partial charge on any atom is 0.382 e. The normalized spacial score (nSPS) is 12.2. The largest absolute Gasteiger partial charge is 0.461 e. The third-order valence-electron chi connectivity index (χ3n) is 4.68. The van der Waals surface area contributed by atoms with Crippen molar-refractivity contribution in [3.05, 3.63) is 70.1 Å². The number of benzene rings is 2. The Labute approximate surface area is 167 Å². The Balaban J connectivity index is 2.46. The zero-order valence-electron chi connectivity index (χ0n) is 16.7. The number of rotatable bonds is 4. The van der Waals surface area contributed by atoms with Crippen molar-refractivity contribution in [2.75, 3.05) is 6.61 Å². The highest BCUT2D eigenvalue weighted by Gasteiger charge is 2.48. The summed E-state index contributed by atoms with van der Waals surface area (Å²) in [6, 6.07) is 13.4. The molecule has 0 amide bonds. The summed E-state index contributed by atoms with van der Waals surface area (Å²) in [5, 5.41) is 0.335. The smallest absolute Gasteiger partial charge is 0.382 e. The van der Waals surface area contributed by atoms with E-state index in [4.69, 9.17) is 4.42 Å². The second-order valence-corrected chi connectivity index (χ2v) is 7.76. The van der Waals surface area contributed by atoms with Gasteiger partial charge in [0.15, 0.2) is 0 Å². The summed E-state index contributed by atoms with van der Waals surface area (Å²) in [6.45, 7) is 7.16. The Morgan fingerprint density at radius 1 is 1.07 bits per heavy atom. The molecular formula is C23H22F2O4. The van der Waals surface area contributed by atoms with E-state index in [0.717, 1.165) is 5.56 Å². The van der Waals surface area contributed by atoms with E-state index < -0.39 is 23.1 Å². The van der Waals surface area contributed by atoms with Gasteiger partial charge in [0.2, 0.25) is 0 Å². The van der Waals surface area contributed by atoms with Crippen molar-refractivity contribution in [1.82, 2.24) is 0 Å². The molecule has 1 heterocycles. The molecule has 0 aliphatic carbocycles. The summed E-state index contributed by atoms with van der Waals surface area (Å²) in [6.07, 6.45) is 0. The average Bonchev–Trinajstić information content (AvgIpc) is 2.66. The van der Waals surface area contributed by atoms with Crippen LogP contribution in [-0.4, -0.2) is 12.6 Å². The third kappa shape index (κ3) is 3.79. The number of hydrogen-bond donors (Lipinski definition) is 0. The molecule has 0 saturated heterocycles. The molecule has 0 fully saturated rings. The first kappa shape index (κ1) is 20.7. The van der Waals surface area contributed by atoms with Crippen LogP contribution >= 0.6 is 0 Å². The van der Waals surface area contributed by atoms with Gasteiger partial charge in [0.1, 0.15) is 11.1 Å². The van der Waals surface area contributed by atoms with E-state index in [0.29, 0.717) is 10.9 Å². The lowest BCUT2D eigenvalue weighted by Gasteiger charge is -2.22. The summed E-state index contributed by atoms with van der Waals surface area (Å²) in [5.41, 5.74) is -1.14. The minimum Gasteiger partial charge on any atom is -0.461 e. The van der Waals surface area contributed by atoms with E-state index in [1.54, 1.807) is 48.5 Å². The second kappa shape index (κ2) is 7.43. The van der Waals surface area contributed by atoms with E-state index in [9.17, 15) is 9.59 Å². The standard InChI is InChI=1S/C23H22F2O4/c1-5-28-21(27)23(24,25)19-18(14-9-7-6-8-10-14)16-13-15(22(2,3)4)11-12-17(16)29-20(19)26/h6-13H,5H2,1-4H3. The molecule has 2 aromatic carbocycles. The third-order valence-corrected chi connectivity index (χ3v) is 4.68. The number of fused-ring (bicyclic) bond motifs is 1. The Morgan fingerprint density at radius 2 is 1.72 bits per heavy atom. The van der Waals surface area contributed by atoms with Gasteiger partial charge in [-0.25, -0.2) is 9.59 Å². The van der Waals surface area contributed by atoms with Crippen molar-refractivity contribution in [2.45, 2.75) is 39.0 Å². The van der Waals surface area contributed by atoms with Gasteiger partial charge in [0, 0.05) is 10.9 Å². The number of hydrogen-bond acceptors (Lipinski definition) is 4. The van der Waals surface area contributed by atoms with Gasteiger partial charge in [-0.3, -0.25) is 0 Å². The van der Waals surface area contributed by atoms with Crippen LogP contribution in [0.3, 0.4) is 0 Å². The van der Waals surface area contributed by atoms with Crippen molar-refractivity contribution < 1.29 is 22.7 Å². The quantitative estimate of drug-likeness (QED) is 0.434. The molecule has 1 aromatic heterocycles. The minimum absolute atomic E-state index is 0.0268. The van der Waals surface area contributed by atoms with Gasteiger partial charge in [-0.15, -0.1) is 0 Å². The van der Waals surface area contributed by atoms with Gasteiger partial charge >= 0.3 is 17.5 Å². The summed E-state index contributed by atoms with van der Waals surface area (Å²) >= 11 is 0. The number of ether oxygens (including phenoxy) is 1. The van der Waals surface area contributed by atoms with Gasteiger partial charge in [-0.05, 0) is 35.6 Å². The molecule has 6 heteroatoms. The molecule has 0 saturated carbocycles. The van der Waals surface area contributed by atoms with E-state index >= 15 is 8.78 Å². The minimum atomic E-state index is -4.16. The van der Waals surface area contributed by atoms with Crippen LogP contribution < -0.4 is 5.63 Å². The fourth-order valence-corrected chi connectivity index (χ4v) is 3.18. The van der Waals surface area contributed by atoms with Crippen molar-refractivity contribution >= 4 is 16.9 Å². The number of alkyl halides is 2. The van der Waals surface area contributed by atoms with Crippen LogP contribution in [0.15, 0.2) is 57.7 Å². The molecule has 0 atom stereocenters. The van der Waals surface area contributed by atoms with E-state index in [2.05, 4.69) is 4.74 Å². The SMILES string of the molecule is CCOC(=O)C(F)(F)c1c(-c2ccccc2)c2cc(C(C)(C)C)ccc2oc1=O. The molecule has 0 bridgehead atoms. The predicted octanol–water partition coefficient (Wildman–Crippen LogP) is 5.41. The summed E-state index contributed by atoms with van der Waals surface area (Å²) < 4.78 is 39.9. The van der Waals surface area contributed by atoms with Gasteiger partial charge in [-0.2, -0.15) is 8.78 Å². The Kier molecular flexibility index (Phi) is 5.30. The van der Waals surface area contributed by atoms with E-state index in [-0.39, 0.29) is 23.2 Å². The van der Waals surface area contributed by atoms with Crippen molar-refractivity contribution in [3.8, 4) is 11.1 Å². The highest BCUT2D eigenvalue weighted by molar-refractivity contribution is 5.98. The number of esters is 1. The Morgan fingerprint density at radius 3 is 2.31 bits per heavy atom. The first-order valence-electron chi connectivity index (χ1n) is 9.29. The van der Waals surface area contributed by atoms with Gasteiger partial charge in [0.05, 0.1) is 6.61 Å². The van der Waals surface area contributed by atoms with Crippen LogP contribution in [0.2, 0.25) is 0 Å². The molecular weight excluding hydrogens is 378 g/mol. The van der Waals surface area contributed by atoms with Crippen LogP contribution in [0.25, 0.3) is 22.1 Å². The lowest BCUT2D eigenvalue weighted by molar-refractivity contribution is -0.173. The molecule has 0 aliphatic heterocycles. The van der Waals surface area contributed by atoms with Crippen molar-refractivity contribution in [1.29, 1.82) is 0 Å². The molecule has 0 radical (unpaired) electrons. The Hall–Kier alpha value is -3.02. The molecule has 0 aliphatic rings. The maximum atomic E-state index is 15.1. The zero-order chi connectivity index (χ0) is 21.4. The fraction of sp³-hybridized carbons (Fsp3) is 0.304. The molecule has 29 heavy (non-hydrogen) atoms. The molecule has 3 aromatic rings. The highest BCUT2D eigenvalue weighted by atomic mass is 19.3. The number of carbonyl (C=O) groups is 1. The van der Waals surface area contributed by atoms with Gasteiger partial charge in [0.25, 0.3) is 0 Å². The van der Waals surface area contributed by atoms with E-state index in [1.807, 2.05) is 20.8 Å². The van der Waals surface area contributed by atoms with Crippen LogP contribution in [0, 0.1) is 0 Å². The summed E-state index contributed by atoms with van der Waals surface area (Å²) in [5.74, 6) is -5.94. The van der Waals surface area contributed by atoms with Crippen LogP contribution in [0.4, 0.5) is 8.78 Å². The Bertz CT molecular complexity index is 1110. The van der Waals surface area contributed by atoms with Crippen LogP contribution in [0.5, 0.6) is 0 Å². The monoisotopic (exact) mass is 400 g/mol. The predicted molar refractivity (Wildman–Crippen MR) is 107 cm³/mol. The molecule has 152 valence electrons. The van der Waals surface area contributed by atoms with Crippen molar-refractivity contribution in [3.63, 3.8) is 0 Å². The second-order valence-electron chi connectivity index (χ2n) is 7.76. The average molecular weight is 400 g/mol. The van der Waals surface area contributed by atoms with Gasteiger partial charge in [-0.1, -0.05) is 57.2 Å². The molecule has 0 N–H and O–H groups in total. The van der Waals surface area contributed by atoms with Crippen LogP contribution in [-0.2, 0) is 20.9 Å². The van der Waals surface area contributed by atoms with Crippen LogP contribution in [0.1, 0.15) is 38.8 Å². The first-order chi connectivity index (χ1) is 13.6. The fourth-order valence-electron chi connectivity index (χ4n) is 3.18. The highest BCUT2D eigenvalue weighted by Crippen LogP contribution is 2.40. The summed E-state index contributed by atoms with van der Waals surface area (Å²) in [7, 11) is 0. The van der Waals surface area contributed by atoms with Crippen molar-refractivity contribution in [2.24, 2.45) is 0 Å². The maximum absolute atomic E-state index is 15.1. The lowest BCUT2D eigenvalue weighted by atomic mass is 9.85. The molecule has 4 nitrogen and oxygen atoms in total. The van der Waals surface area contributed by atoms with Gasteiger partial charge < -0.3 is 9.15 Å². The van der Waals surface area contributed by atoms with E-state index in [1.165, 1.54) is 6.92 Å². The zero-order valence-corrected chi connectivity index (χ0v) is 16.7. The molecule has 0 unspecified atom stereocenters. The number of carbonyl (C=O) groups excluding carboxylic acids is 1. The molecule has 0 spiro atoms. The summed E-state index contributed by atoms with van der Waals surface area (Å²) in [4.78, 5) is 24.6. The number of halogens is 2. The molecule has 3 rings (SSSR count). The lowest BCUT2D eigenvalue weighted by Crippen LogP contribution is -2.34. The first-order valence-corrected chi connectivity index (χ1v) is 9.29. The topological polar surface area (TPSA) is 56.5 Å².